The normalized spacial score (nSPS) is 11.9. The van der Waals surface area contributed by atoms with E-state index in [2.05, 4.69) is 19.8 Å². The first-order chi connectivity index (χ1) is 12.9. The van der Waals surface area contributed by atoms with E-state index in [1.165, 1.54) is 30.5 Å². The van der Waals surface area contributed by atoms with Gasteiger partial charge < -0.3 is 4.74 Å². The number of benzene rings is 2. The van der Waals surface area contributed by atoms with E-state index in [1.54, 1.807) is 17.8 Å². The molecule has 9 heteroatoms. The number of aryl methyl sites for hydroxylation is 1. The zero-order valence-electron chi connectivity index (χ0n) is 13.9. The first-order valence-electron chi connectivity index (χ1n) is 7.79. The van der Waals surface area contributed by atoms with Crippen LogP contribution in [0.25, 0.3) is 33.1 Å². The maximum absolute atomic E-state index is 12.3. The number of nitrogens with zero attached hydrogens (tertiary/aromatic N) is 4. The number of carbonyl (C=O) groups excluding carboxylic acids is 1. The minimum atomic E-state index is -4.74. The molecule has 0 saturated carbocycles. The van der Waals surface area contributed by atoms with Crippen molar-refractivity contribution in [2.75, 3.05) is 0 Å². The van der Waals surface area contributed by atoms with Crippen LogP contribution >= 0.6 is 0 Å². The Bertz CT molecular complexity index is 1170. The quantitative estimate of drug-likeness (QED) is 0.510. The molecule has 0 aliphatic rings. The van der Waals surface area contributed by atoms with Gasteiger partial charge in [-0.3, -0.25) is 9.48 Å². The minimum Gasteiger partial charge on any atom is -0.406 e. The Morgan fingerprint density at radius 3 is 2.48 bits per heavy atom. The Labute approximate surface area is 150 Å². The lowest BCUT2D eigenvalue weighted by Crippen LogP contribution is -2.16. The molecule has 4 aromatic rings. The highest BCUT2D eigenvalue weighted by Crippen LogP contribution is 2.33. The Kier molecular flexibility index (Phi) is 3.79. The lowest BCUT2D eigenvalue weighted by atomic mass is 10.1. The summed E-state index contributed by atoms with van der Waals surface area (Å²) in [5.74, 6) is -0.212. The molecule has 2 heterocycles. The molecule has 0 fully saturated rings. The Balaban J connectivity index is 1.83. The summed E-state index contributed by atoms with van der Waals surface area (Å²) in [4.78, 5) is 19.0. The Hall–Kier alpha value is -3.49. The van der Waals surface area contributed by atoms with Crippen molar-refractivity contribution >= 4 is 28.1 Å². The van der Waals surface area contributed by atoms with Gasteiger partial charge >= 0.3 is 6.36 Å². The van der Waals surface area contributed by atoms with Crippen molar-refractivity contribution in [2.45, 2.75) is 6.36 Å². The maximum atomic E-state index is 12.3. The van der Waals surface area contributed by atoms with Crippen LogP contribution in [-0.2, 0) is 7.05 Å². The van der Waals surface area contributed by atoms with Crippen molar-refractivity contribution in [1.29, 1.82) is 0 Å². The summed E-state index contributed by atoms with van der Waals surface area (Å²) in [5, 5.41) is 5.96. The van der Waals surface area contributed by atoms with Crippen LogP contribution in [-0.4, -0.2) is 32.4 Å². The largest absolute Gasteiger partial charge is 0.573 e. The van der Waals surface area contributed by atoms with Crippen molar-refractivity contribution in [3.63, 3.8) is 0 Å². The van der Waals surface area contributed by atoms with E-state index in [0.29, 0.717) is 28.3 Å². The maximum Gasteiger partial charge on any atom is 0.573 e. The third-order valence-electron chi connectivity index (χ3n) is 4.05. The number of fused-ring (bicyclic) bond motifs is 3. The zero-order chi connectivity index (χ0) is 19.2. The number of hydrogen-bond acceptors (Lipinski definition) is 5. The molecule has 0 N–H and O–H groups in total. The van der Waals surface area contributed by atoms with Crippen LogP contribution in [0.5, 0.6) is 5.75 Å². The Morgan fingerprint density at radius 1 is 1.07 bits per heavy atom. The van der Waals surface area contributed by atoms with E-state index < -0.39 is 6.36 Å². The zero-order valence-corrected chi connectivity index (χ0v) is 13.9. The van der Waals surface area contributed by atoms with Crippen molar-refractivity contribution in [1.82, 2.24) is 19.7 Å². The summed E-state index contributed by atoms with van der Waals surface area (Å²) in [7, 11) is 1.74. The van der Waals surface area contributed by atoms with Gasteiger partial charge in [0, 0.05) is 29.6 Å². The standard InChI is InChI=1S/C18H11F3N4O2/c1-25-17(10-2-4-11(5-3-10)27-18(19,20)21)12-6-7-14-13(16(12)24-25)8-22-15(9-26)23-14/h2-9H,1H3. The van der Waals surface area contributed by atoms with Gasteiger partial charge in [-0.15, -0.1) is 13.2 Å². The fourth-order valence-corrected chi connectivity index (χ4v) is 2.99. The summed E-state index contributed by atoms with van der Waals surface area (Å²) < 4.78 is 42.5. The minimum absolute atomic E-state index is 0.0817. The number of carbonyl (C=O) groups is 1. The highest BCUT2D eigenvalue weighted by atomic mass is 19.4. The highest BCUT2D eigenvalue weighted by molar-refractivity contribution is 6.08. The molecule has 0 aliphatic heterocycles. The van der Waals surface area contributed by atoms with Crippen molar-refractivity contribution in [3.05, 3.63) is 48.4 Å². The van der Waals surface area contributed by atoms with Crippen LogP contribution in [0.4, 0.5) is 13.2 Å². The van der Waals surface area contributed by atoms with E-state index in [-0.39, 0.29) is 11.6 Å². The van der Waals surface area contributed by atoms with Gasteiger partial charge in [-0.1, -0.05) is 0 Å². The number of rotatable bonds is 3. The van der Waals surface area contributed by atoms with Crippen LogP contribution in [0.1, 0.15) is 10.6 Å². The molecule has 27 heavy (non-hydrogen) atoms. The number of hydrogen-bond donors (Lipinski definition) is 0. The van der Waals surface area contributed by atoms with E-state index >= 15 is 0 Å². The Morgan fingerprint density at radius 2 is 1.81 bits per heavy atom. The molecule has 0 radical (unpaired) electrons. The molecule has 0 atom stereocenters. The first kappa shape index (κ1) is 17.0. The number of aldehydes is 1. The lowest BCUT2D eigenvalue weighted by Gasteiger charge is -2.09. The molecule has 0 saturated heterocycles. The number of ether oxygens (including phenoxy) is 1. The van der Waals surface area contributed by atoms with Crippen molar-refractivity contribution < 1.29 is 22.7 Å². The highest BCUT2D eigenvalue weighted by Gasteiger charge is 2.31. The van der Waals surface area contributed by atoms with E-state index in [9.17, 15) is 18.0 Å². The molecule has 0 unspecified atom stereocenters. The molecule has 6 nitrogen and oxygen atoms in total. The molecular weight excluding hydrogens is 361 g/mol. The van der Waals surface area contributed by atoms with Gasteiger partial charge in [0.15, 0.2) is 12.1 Å². The predicted octanol–water partition coefficient (Wildman–Crippen LogP) is 3.89. The van der Waals surface area contributed by atoms with Gasteiger partial charge in [-0.2, -0.15) is 5.10 Å². The molecule has 0 amide bonds. The van der Waals surface area contributed by atoms with Crippen LogP contribution in [0.2, 0.25) is 0 Å². The summed E-state index contributed by atoms with van der Waals surface area (Å²) in [6.45, 7) is 0. The topological polar surface area (TPSA) is 69.9 Å². The summed E-state index contributed by atoms with van der Waals surface area (Å²) >= 11 is 0. The average Bonchev–Trinajstić information content (AvgIpc) is 2.97. The number of halogens is 3. The van der Waals surface area contributed by atoms with E-state index in [0.717, 1.165) is 11.1 Å². The fraction of sp³-hybridized carbons (Fsp3) is 0.111. The molecule has 136 valence electrons. The number of aromatic nitrogens is 4. The second-order valence-corrected chi connectivity index (χ2v) is 5.78. The molecule has 2 aromatic carbocycles. The first-order valence-corrected chi connectivity index (χ1v) is 7.79. The van der Waals surface area contributed by atoms with Gasteiger partial charge in [-0.25, -0.2) is 9.97 Å². The third-order valence-corrected chi connectivity index (χ3v) is 4.05. The third kappa shape index (κ3) is 3.07. The van der Waals surface area contributed by atoms with E-state index in [1.807, 2.05) is 6.07 Å². The molecular formula is C18H11F3N4O2. The number of alkyl halides is 3. The summed E-state index contributed by atoms with van der Waals surface area (Å²) in [5.41, 5.74) is 2.63. The van der Waals surface area contributed by atoms with Gasteiger partial charge in [-0.05, 0) is 36.4 Å². The lowest BCUT2D eigenvalue weighted by molar-refractivity contribution is -0.274. The average molecular weight is 372 g/mol. The van der Waals surface area contributed by atoms with Crippen LogP contribution in [0.3, 0.4) is 0 Å². The molecule has 4 rings (SSSR count). The van der Waals surface area contributed by atoms with Crippen LogP contribution < -0.4 is 4.74 Å². The van der Waals surface area contributed by atoms with Crippen LogP contribution in [0.15, 0.2) is 42.6 Å². The predicted molar refractivity (Wildman–Crippen MR) is 91.3 cm³/mol. The summed E-state index contributed by atoms with van der Waals surface area (Å²) in [6, 6.07) is 9.13. The molecule has 0 bridgehead atoms. The summed E-state index contributed by atoms with van der Waals surface area (Å²) in [6.07, 6.45) is -2.64. The van der Waals surface area contributed by atoms with Crippen molar-refractivity contribution in [2.24, 2.45) is 7.05 Å². The monoisotopic (exact) mass is 372 g/mol. The van der Waals surface area contributed by atoms with Crippen molar-refractivity contribution in [3.8, 4) is 17.0 Å². The smallest absolute Gasteiger partial charge is 0.406 e. The second-order valence-electron chi connectivity index (χ2n) is 5.78. The SMILES string of the molecule is Cn1nc2c(ccc3nc(C=O)ncc32)c1-c1ccc(OC(F)(F)F)cc1. The van der Waals surface area contributed by atoms with E-state index in [4.69, 9.17) is 0 Å². The molecule has 0 spiro atoms. The van der Waals surface area contributed by atoms with Gasteiger partial charge in [0.25, 0.3) is 0 Å². The molecule has 2 aromatic heterocycles. The van der Waals surface area contributed by atoms with Gasteiger partial charge in [0.1, 0.15) is 11.3 Å². The fourth-order valence-electron chi connectivity index (χ4n) is 2.99. The molecule has 0 aliphatic carbocycles. The van der Waals surface area contributed by atoms with Gasteiger partial charge in [0.2, 0.25) is 0 Å². The second kappa shape index (κ2) is 6.04. The van der Waals surface area contributed by atoms with Crippen LogP contribution in [0, 0.1) is 0 Å². The van der Waals surface area contributed by atoms with Gasteiger partial charge in [0.05, 0.1) is 11.2 Å².